The van der Waals surface area contributed by atoms with Crippen molar-refractivity contribution in [2.24, 2.45) is 0 Å². The Hall–Kier alpha value is -2.34. The molecule has 6 nitrogen and oxygen atoms in total. The molecule has 0 atom stereocenters. The van der Waals surface area contributed by atoms with Gasteiger partial charge in [0.05, 0.1) is 31.4 Å². The van der Waals surface area contributed by atoms with Crippen LogP contribution in [0.3, 0.4) is 0 Å². The molecule has 3 rings (SSSR count). The molecular weight excluding hydrogens is 356 g/mol. The molecule has 0 aliphatic carbocycles. The van der Waals surface area contributed by atoms with Crippen molar-refractivity contribution in [2.75, 3.05) is 32.8 Å². The number of carbonyl (C=O) groups excluding carboxylic acids is 2. The zero-order valence-corrected chi connectivity index (χ0v) is 17.1. The van der Waals surface area contributed by atoms with Gasteiger partial charge in [-0.3, -0.25) is 14.5 Å². The van der Waals surface area contributed by atoms with Gasteiger partial charge in [0.1, 0.15) is 11.4 Å². The van der Waals surface area contributed by atoms with Crippen molar-refractivity contribution < 1.29 is 19.1 Å². The molecule has 1 aromatic carbocycles. The molecule has 0 spiro atoms. The van der Waals surface area contributed by atoms with Gasteiger partial charge in [-0.05, 0) is 50.8 Å². The normalized spacial score (nSPS) is 17.4. The van der Waals surface area contributed by atoms with Crippen LogP contribution in [0, 0.1) is 0 Å². The van der Waals surface area contributed by atoms with Crippen molar-refractivity contribution in [3.05, 3.63) is 35.5 Å². The van der Waals surface area contributed by atoms with E-state index in [1.165, 1.54) is 4.90 Å². The number of nitrogens with zero attached hydrogens (tertiary/aromatic N) is 2. The summed E-state index contributed by atoms with van der Waals surface area (Å²) in [6, 6.07) is 7.47. The summed E-state index contributed by atoms with van der Waals surface area (Å²) in [6.07, 6.45) is 3.08. The highest BCUT2D eigenvalue weighted by atomic mass is 16.5. The molecule has 0 bridgehead atoms. The predicted molar refractivity (Wildman–Crippen MR) is 108 cm³/mol. The molecule has 28 heavy (non-hydrogen) atoms. The summed E-state index contributed by atoms with van der Waals surface area (Å²) in [5, 5.41) is 0. The van der Waals surface area contributed by atoms with E-state index in [1.807, 2.05) is 38.1 Å². The Morgan fingerprint density at radius 2 is 1.68 bits per heavy atom. The zero-order valence-electron chi connectivity index (χ0n) is 17.1. The first-order valence-corrected chi connectivity index (χ1v) is 10.2. The lowest BCUT2D eigenvalue weighted by Crippen LogP contribution is -2.37. The third-order valence-corrected chi connectivity index (χ3v) is 4.95. The molecule has 2 heterocycles. The van der Waals surface area contributed by atoms with Gasteiger partial charge in [-0.2, -0.15) is 0 Å². The van der Waals surface area contributed by atoms with E-state index in [9.17, 15) is 9.59 Å². The molecule has 0 saturated carbocycles. The SMILES string of the molecule is CCCOc1ccc(C2=C(N3CCCC3)C(=O)N(CCOC(C)C)C2=O)cc1. The predicted octanol–water partition coefficient (Wildman–Crippen LogP) is 3.08. The van der Waals surface area contributed by atoms with Crippen LogP contribution in [0.1, 0.15) is 45.6 Å². The van der Waals surface area contributed by atoms with Gasteiger partial charge in [0.2, 0.25) is 0 Å². The van der Waals surface area contributed by atoms with Gasteiger partial charge in [-0.15, -0.1) is 0 Å². The maximum atomic E-state index is 13.1. The van der Waals surface area contributed by atoms with E-state index in [4.69, 9.17) is 9.47 Å². The first kappa shape index (κ1) is 20.4. The van der Waals surface area contributed by atoms with Gasteiger partial charge in [0.25, 0.3) is 11.8 Å². The van der Waals surface area contributed by atoms with Crippen molar-refractivity contribution >= 4 is 17.4 Å². The van der Waals surface area contributed by atoms with Crippen LogP contribution in [-0.2, 0) is 14.3 Å². The maximum absolute atomic E-state index is 13.1. The van der Waals surface area contributed by atoms with E-state index < -0.39 is 0 Å². The van der Waals surface area contributed by atoms with Crippen LogP contribution in [0.4, 0.5) is 0 Å². The Labute approximate surface area is 167 Å². The molecule has 1 saturated heterocycles. The number of hydrogen-bond acceptors (Lipinski definition) is 5. The fraction of sp³-hybridized carbons (Fsp3) is 0.545. The smallest absolute Gasteiger partial charge is 0.277 e. The monoisotopic (exact) mass is 386 g/mol. The zero-order chi connectivity index (χ0) is 20.1. The van der Waals surface area contributed by atoms with Gasteiger partial charge in [-0.1, -0.05) is 19.1 Å². The van der Waals surface area contributed by atoms with Crippen molar-refractivity contribution in [1.82, 2.24) is 9.80 Å². The van der Waals surface area contributed by atoms with E-state index in [1.54, 1.807) is 0 Å². The Balaban J connectivity index is 1.87. The van der Waals surface area contributed by atoms with Crippen molar-refractivity contribution in [1.29, 1.82) is 0 Å². The summed E-state index contributed by atoms with van der Waals surface area (Å²) in [5.41, 5.74) is 1.80. The third-order valence-electron chi connectivity index (χ3n) is 4.95. The lowest BCUT2D eigenvalue weighted by atomic mass is 10.0. The molecule has 152 valence electrons. The lowest BCUT2D eigenvalue weighted by molar-refractivity contribution is -0.138. The first-order chi connectivity index (χ1) is 13.5. The Morgan fingerprint density at radius 1 is 1.00 bits per heavy atom. The van der Waals surface area contributed by atoms with Gasteiger partial charge in [0.15, 0.2) is 0 Å². The van der Waals surface area contributed by atoms with Crippen LogP contribution in [0.5, 0.6) is 5.75 Å². The standard InChI is InChI=1S/C22H30N2O4/c1-4-14-28-18-9-7-17(8-10-18)19-20(23-11-5-6-12-23)22(26)24(21(19)25)13-15-27-16(2)3/h7-10,16H,4-6,11-15H2,1-3H3. The largest absolute Gasteiger partial charge is 0.494 e. The van der Waals surface area contributed by atoms with Crippen LogP contribution in [0.25, 0.3) is 5.57 Å². The molecular formula is C22H30N2O4. The summed E-state index contributed by atoms with van der Waals surface area (Å²) < 4.78 is 11.2. The average molecular weight is 386 g/mol. The van der Waals surface area contributed by atoms with Crippen LogP contribution in [0.2, 0.25) is 0 Å². The molecule has 1 fully saturated rings. The number of benzene rings is 1. The lowest BCUT2D eigenvalue weighted by Gasteiger charge is -2.20. The Bertz CT molecular complexity index is 733. The van der Waals surface area contributed by atoms with E-state index in [-0.39, 0.29) is 24.5 Å². The molecule has 1 aromatic rings. The summed E-state index contributed by atoms with van der Waals surface area (Å²) in [4.78, 5) is 29.6. The quantitative estimate of drug-likeness (QED) is 0.611. The number of carbonyl (C=O) groups is 2. The molecule has 2 aliphatic rings. The number of hydrogen-bond donors (Lipinski definition) is 0. The van der Waals surface area contributed by atoms with Crippen molar-refractivity contribution in [3.8, 4) is 5.75 Å². The Morgan fingerprint density at radius 3 is 2.29 bits per heavy atom. The minimum Gasteiger partial charge on any atom is -0.494 e. The number of ether oxygens (including phenoxy) is 2. The summed E-state index contributed by atoms with van der Waals surface area (Å²) in [7, 11) is 0. The van der Waals surface area contributed by atoms with E-state index in [0.717, 1.165) is 43.7 Å². The fourth-order valence-corrected chi connectivity index (χ4v) is 3.58. The van der Waals surface area contributed by atoms with E-state index >= 15 is 0 Å². The molecule has 0 radical (unpaired) electrons. The molecule has 6 heteroatoms. The second-order valence-electron chi connectivity index (χ2n) is 7.47. The van der Waals surface area contributed by atoms with Gasteiger partial charge < -0.3 is 14.4 Å². The molecule has 0 N–H and O–H groups in total. The molecule has 0 unspecified atom stereocenters. The highest BCUT2D eigenvalue weighted by Crippen LogP contribution is 2.34. The van der Waals surface area contributed by atoms with Crippen molar-refractivity contribution in [2.45, 2.75) is 46.1 Å². The summed E-state index contributed by atoms with van der Waals surface area (Å²) in [5.74, 6) is 0.329. The van der Waals surface area contributed by atoms with Crippen molar-refractivity contribution in [3.63, 3.8) is 0 Å². The highest BCUT2D eigenvalue weighted by Gasteiger charge is 2.41. The first-order valence-electron chi connectivity index (χ1n) is 10.2. The van der Waals surface area contributed by atoms with Gasteiger partial charge >= 0.3 is 0 Å². The Kier molecular flexibility index (Phi) is 6.73. The molecule has 0 aromatic heterocycles. The second kappa shape index (κ2) is 9.24. The topological polar surface area (TPSA) is 59.1 Å². The van der Waals surface area contributed by atoms with Gasteiger partial charge in [-0.25, -0.2) is 0 Å². The van der Waals surface area contributed by atoms with Crippen LogP contribution >= 0.6 is 0 Å². The highest BCUT2D eigenvalue weighted by molar-refractivity contribution is 6.35. The number of rotatable bonds is 9. The number of likely N-dealkylation sites (tertiary alicyclic amines) is 1. The average Bonchev–Trinajstić information content (AvgIpc) is 3.28. The number of amides is 2. The van der Waals surface area contributed by atoms with Crippen LogP contribution in [0.15, 0.2) is 30.0 Å². The molecule has 2 aliphatic heterocycles. The fourth-order valence-electron chi connectivity index (χ4n) is 3.58. The second-order valence-corrected chi connectivity index (χ2v) is 7.47. The minimum absolute atomic E-state index is 0.0638. The summed E-state index contributed by atoms with van der Waals surface area (Å²) >= 11 is 0. The summed E-state index contributed by atoms with van der Waals surface area (Å²) in [6.45, 7) is 8.83. The van der Waals surface area contributed by atoms with E-state index in [2.05, 4.69) is 11.8 Å². The third kappa shape index (κ3) is 4.38. The van der Waals surface area contributed by atoms with Crippen LogP contribution < -0.4 is 4.74 Å². The van der Waals surface area contributed by atoms with Crippen LogP contribution in [-0.4, -0.2) is 60.6 Å². The van der Waals surface area contributed by atoms with Gasteiger partial charge in [0, 0.05) is 13.1 Å². The maximum Gasteiger partial charge on any atom is 0.277 e. The minimum atomic E-state index is -0.235. The number of imide groups is 1. The van der Waals surface area contributed by atoms with E-state index in [0.29, 0.717) is 24.5 Å². The molecule has 2 amide bonds.